The van der Waals surface area contributed by atoms with Crippen molar-refractivity contribution in [1.29, 1.82) is 0 Å². The van der Waals surface area contributed by atoms with Gasteiger partial charge in [-0.2, -0.15) is 0 Å². The van der Waals surface area contributed by atoms with Crippen LogP contribution in [0.5, 0.6) is 0 Å². The van der Waals surface area contributed by atoms with Gasteiger partial charge >= 0.3 is 0 Å². The van der Waals surface area contributed by atoms with Crippen LogP contribution < -0.4 is 0 Å². The zero-order valence-corrected chi connectivity index (χ0v) is 9.39. The van der Waals surface area contributed by atoms with Crippen molar-refractivity contribution in [2.45, 2.75) is 26.2 Å². The van der Waals surface area contributed by atoms with Crippen LogP contribution in [0.1, 0.15) is 40.7 Å². The molecule has 0 atom stereocenters. The minimum atomic E-state index is 0.0917. The number of hydrogen-bond donors (Lipinski definition) is 0. The van der Waals surface area contributed by atoms with Gasteiger partial charge in [0.1, 0.15) is 0 Å². The summed E-state index contributed by atoms with van der Waals surface area (Å²) in [6.45, 7) is 1.57. The average molecular weight is 220 g/mol. The van der Waals surface area contributed by atoms with Gasteiger partial charge in [0, 0.05) is 11.3 Å². The van der Waals surface area contributed by atoms with E-state index < -0.39 is 0 Å². The van der Waals surface area contributed by atoms with Crippen molar-refractivity contribution in [3.05, 3.63) is 28.0 Å². The van der Waals surface area contributed by atoms with Crippen molar-refractivity contribution in [2.75, 3.05) is 0 Å². The highest BCUT2D eigenvalue weighted by Gasteiger charge is 2.14. The SMILES string of the molecule is CC(=O)c1ccc(C2=CC(=O)CCC2)s1. The highest BCUT2D eigenvalue weighted by molar-refractivity contribution is 7.15. The third-order valence-electron chi connectivity index (χ3n) is 2.47. The smallest absolute Gasteiger partial charge is 0.169 e. The second kappa shape index (κ2) is 4.11. The lowest BCUT2D eigenvalue weighted by atomic mass is 9.98. The van der Waals surface area contributed by atoms with E-state index in [2.05, 4.69) is 0 Å². The molecule has 0 fully saturated rings. The number of carbonyl (C=O) groups is 2. The average Bonchev–Trinajstić information content (AvgIpc) is 2.66. The van der Waals surface area contributed by atoms with Crippen LogP contribution in [-0.4, -0.2) is 11.6 Å². The third-order valence-corrected chi connectivity index (χ3v) is 3.74. The normalized spacial score (nSPS) is 16.3. The van der Waals surface area contributed by atoms with Crippen molar-refractivity contribution in [3.63, 3.8) is 0 Å². The fraction of sp³-hybridized carbons (Fsp3) is 0.333. The lowest BCUT2D eigenvalue weighted by Gasteiger charge is -2.09. The molecule has 0 aliphatic heterocycles. The Bertz CT molecular complexity index is 440. The summed E-state index contributed by atoms with van der Waals surface area (Å²) in [6, 6.07) is 3.77. The molecule has 0 saturated heterocycles. The molecule has 0 saturated carbocycles. The van der Waals surface area contributed by atoms with E-state index in [1.165, 1.54) is 11.3 Å². The molecule has 0 aromatic carbocycles. The summed E-state index contributed by atoms with van der Waals surface area (Å²) >= 11 is 1.48. The Morgan fingerprint density at radius 2 is 2.13 bits per heavy atom. The Hall–Kier alpha value is -1.22. The number of rotatable bonds is 2. The summed E-state index contributed by atoms with van der Waals surface area (Å²) in [6.07, 6.45) is 4.26. The molecule has 15 heavy (non-hydrogen) atoms. The van der Waals surface area contributed by atoms with E-state index in [-0.39, 0.29) is 11.6 Å². The molecule has 0 bridgehead atoms. The molecule has 0 radical (unpaired) electrons. The molecular weight excluding hydrogens is 208 g/mol. The Balaban J connectivity index is 2.29. The van der Waals surface area contributed by atoms with Crippen LogP contribution in [0.4, 0.5) is 0 Å². The summed E-state index contributed by atoms with van der Waals surface area (Å²) in [4.78, 5) is 24.2. The van der Waals surface area contributed by atoms with Gasteiger partial charge in [0.2, 0.25) is 0 Å². The van der Waals surface area contributed by atoms with Gasteiger partial charge in [0.05, 0.1) is 4.88 Å². The van der Waals surface area contributed by atoms with Gasteiger partial charge in [-0.1, -0.05) is 0 Å². The third kappa shape index (κ3) is 2.23. The second-order valence-corrected chi connectivity index (χ2v) is 4.79. The van der Waals surface area contributed by atoms with Gasteiger partial charge in [-0.15, -0.1) is 11.3 Å². The van der Waals surface area contributed by atoms with Crippen molar-refractivity contribution in [2.24, 2.45) is 0 Å². The maximum Gasteiger partial charge on any atom is 0.169 e. The predicted molar refractivity (Wildman–Crippen MR) is 61.2 cm³/mol. The van der Waals surface area contributed by atoms with E-state index in [1.54, 1.807) is 13.0 Å². The molecule has 78 valence electrons. The molecule has 1 heterocycles. The highest BCUT2D eigenvalue weighted by Crippen LogP contribution is 2.30. The molecule has 1 aliphatic rings. The summed E-state index contributed by atoms with van der Waals surface area (Å²) in [5, 5.41) is 0. The predicted octanol–water partition coefficient (Wildman–Crippen LogP) is 3.09. The summed E-state index contributed by atoms with van der Waals surface area (Å²) in [7, 11) is 0. The first-order chi connectivity index (χ1) is 7.16. The number of ketones is 2. The maximum atomic E-state index is 11.2. The van der Waals surface area contributed by atoms with Crippen LogP contribution in [0.25, 0.3) is 5.57 Å². The van der Waals surface area contributed by atoms with Crippen molar-refractivity contribution in [3.8, 4) is 0 Å². The standard InChI is InChI=1S/C12H12O2S/c1-8(13)11-5-6-12(15-11)9-3-2-4-10(14)7-9/h5-7H,2-4H2,1H3. The summed E-state index contributed by atoms with van der Waals surface area (Å²) in [5.74, 6) is 0.294. The van der Waals surface area contributed by atoms with Crippen LogP contribution in [0.15, 0.2) is 18.2 Å². The van der Waals surface area contributed by atoms with Crippen LogP contribution >= 0.6 is 11.3 Å². The first kappa shape index (κ1) is 10.3. The van der Waals surface area contributed by atoms with E-state index in [9.17, 15) is 9.59 Å². The van der Waals surface area contributed by atoms with Crippen molar-refractivity contribution >= 4 is 28.5 Å². The van der Waals surface area contributed by atoms with Crippen LogP contribution in [-0.2, 0) is 4.79 Å². The van der Waals surface area contributed by atoms with Gasteiger partial charge in [0.15, 0.2) is 11.6 Å². The quantitative estimate of drug-likeness (QED) is 0.718. The zero-order valence-electron chi connectivity index (χ0n) is 8.58. The molecule has 1 aromatic rings. The van der Waals surface area contributed by atoms with E-state index in [4.69, 9.17) is 0 Å². The molecule has 1 aliphatic carbocycles. The largest absolute Gasteiger partial charge is 0.295 e. The number of Topliss-reactive ketones (excluding diaryl/α,β-unsaturated/α-hetero) is 1. The van der Waals surface area contributed by atoms with Gasteiger partial charge < -0.3 is 0 Å². The molecule has 0 unspecified atom stereocenters. The van der Waals surface area contributed by atoms with Gasteiger partial charge in [-0.05, 0) is 43.5 Å². The maximum absolute atomic E-state index is 11.2. The molecule has 0 amide bonds. The number of carbonyl (C=O) groups excluding carboxylic acids is 2. The Morgan fingerprint density at radius 1 is 1.33 bits per heavy atom. The number of allylic oxidation sites excluding steroid dienone is 2. The summed E-state index contributed by atoms with van der Waals surface area (Å²) in [5.41, 5.74) is 1.09. The fourth-order valence-corrected chi connectivity index (χ4v) is 2.63. The van der Waals surface area contributed by atoms with E-state index >= 15 is 0 Å². The van der Waals surface area contributed by atoms with E-state index in [0.29, 0.717) is 6.42 Å². The minimum Gasteiger partial charge on any atom is -0.295 e. The second-order valence-electron chi connectivity index (χ2n) is 3.71. The topological polar surface area (TPSA) is 34.1 Å². The number of hydrogen-bond acceptors (Lipinski definition) is 3. The Morgan fingerprint density at radius 3 is 2.73 bits per heavy atom. The monoisotopic (exact) mass is 220 g/mol. The Labute approximate surface area is 92.6 Å². The molecule has 0 spiro atoms. The van der Waals surface area contributed by atoms with Gasteiger partial charge in [-0.25, -0.2) is 0 Å². The first-order valence-electron chi connectivity index (χ1n) is 5.01. The molecule has 3 heteroatoms. The van der Waals surface area contributed by atoms with E-state index in [0.717, 1.165) is 28.2 Å². The van der Waals surface area contributed by atoms with E-state index in [1.807, 2.05) is 12.1 Å². The number of thiophene rings is 1. The Kier molecular flexibility index (Phi) is 2.82. The van der Waals surface area contributed by atoms with Crippen molar-refractivity contribution < 1.29 is 9.59 Å². The summed E-state index contributed by atoms with van der Waals surface area (Å²) < 4.78 is 0. The molecule has 2 nitrogen and oxygen atoms in total. The zero-order chi connectivity index (χ0) is 10.8. The van der Waals surface area contributed by atoms with Gasteiger partial charge in [0.25, 0.3) is 0 Å². The lowest BCUT2D eigenvalue weighted by Crippen LogP contribution is -2.00. The van der Waals surface area contributed by atoms with Crippen molar-refractivity contribution in [1.82, 2.24) is 0 Å². The fourth-order valence-electron chi connectivity index (χ4n) is 1.69. The molecule has 0 N–H and O–H groups in total. The highest BCUT2D eigenvalue weighted by atomic mass is 32.1. The lowest BCUT2D eigenvalue weighted by molar-refractivity contribution is -0.114. The van der Waals surface area contributed by atoms with Crippen LogP contribution in [0, 0.1) is 0 Å². The minimum absolute atomic E-state index is 0.0917. The molecule has 1 aromatic heterocycles. The van der Waals surface area contributed by atoms with Gasteiger partial charge in [-0.3, -0.25) is 9.59 Å². The first-order valence-corrected chi connectivity index (χ1v) is 5.83. The molecule has 2 rings (SSSR count). The van der Waals surface area contributed by atoms with Crippen LogP contribution in [0.2, 0.25) is 0 Å². The van der Waals surface area contributed by atoms with Crippen LogP contribution in [0.3, 0.4) is 0 Å². The molecular formula is C12H12O2S.